The van der Waals surface area contributed by atoms with Gasteiger partial charge in [-0.2, -0.15) is 0 Å². The highest BCUT2D eigenvalue weighted by atomic mass is 35.5. The quantitative estimate of drug-likeness (QED) is 0.286. The summed E-state index contributed by atoms with van der Waals surface area (Å²) in [5, 5.41) is 8.04. The number of benzene rings is 1. The fourth-order valence-corrected chi connectivity index (χ4v) is 2.42. The van der Waals surface area contributed by atoms with Crippen molar-refractivity contribution in [2.45, 2.75) is 6.92 Å². The Hall–Kier alpha value is -0.740. The fraction of sp³-hybridized carbons (Fsp3) is 0.0909. The number of rotatable bonds is 3. The number of ketones is 2. The van der Waals surface area contributed by atoms with Gasteiger partial charge in [0.2, 0.25) is 0 Å². The minimum absolute atomic E-state index is 0.0990. The molecule has 0 radical (unpaired) electrons. The molecule has 96 valence electrons. The van der Waals surface area contributed by atoms with Crippen LogP contribution in [-0.4, -0.2) is 16.7 Å². The highest BCUT2D eigenvalue weighted by molar-refractivity contribution is 6.54. The maximum Gasteiger partial charge on any atom is 0.191 e. The number of hydrogen-bond donors (Lipinski definition) is 1. The average molecular weight is 328 g/mol. The predicted molar refractivity (Wildman–Crippen MR) is 72.6 cm³/mol. The Morgan fingerprint density at radius 3 is 1.78 bits per heavy atom. The van der Waals surface area contributed by atoms with Crippen LogP contribution in [-0.2, 0) is 0 Å². The molecule has 0 amide bonds. The van der Waals surface area contributed by atoms with E-state index in [4.69, 9.17) is 51.5 Å². The third-order valence-electron chi connectivity index (χ3n) is 2.09. The maximum atomic E-state index is 11.8. The number of hydrogen-bond acceptors (Lipinski definition) is 3. The summed E-state index contributed by atoms with van der Waals surface area (Å²) in [6, 6.07) is 0. The molecule has 0 saturated carbocycles. The number of aliphatic hydroxyl groups excluding tert-OH is 1. The normalized spacial score (nSPS) is 10.9. The number of carbonyl (C=O) groups is 2. The zero-order valence-corrected chi connectivity index (χ0v) is 12.0. The number of carbonyl (C=O) groups excluding carboxylic acids is 2. The van der Waals surface area contributed by atoms with E-state index in [1.807, 2.05) is 0 Å². The van der Waals surface area contributed by atoms with Gasteiger partial charge in [0.1, 0.15) is 0 Å². The van der Waals surface area contributed by atoms with Crippen LogP contribution in [0.5, 0.6) is 0 Å². The van der Waals surface area contributed by atoms with E-state index in [-0.39, 0.29) is 31.2 Å². The predicted octanol–water partition coefficient (Wildman–Crippen LogP) is 4.76. The molecule has 0 aromatic heterocycles. The smallest absolute Gasteiger partial charge is 0.191 e. The first kappa shape index (κ1) is 15.3. The Kier molecular flexibility index (Phi) is 5.05. The number of halogens is 4. The monoisotopic (exact) mass is 326 g/mol. The standard InChI is InChI=1S/C11H6Cl4O3/c1-4(17)6-7(5(18)2-3-16)9(13)11(15)10(14)8(6)12/h2-3,16H,1H3/b3-2+. The van der Waals surface area contributed by atoms with E-state index in [9.17, 15) is 9.59 Å². The first-order valence-electron chi connectivity index (χ1n) is 4.54. The second-order valence-electron chi connectivity index (χ2n) is 3.24. The zero-order valence-electron chi connectivity index (χ0n) is 8.93. The highest BCUT2D eigenvalue weighted by Crippen LogP contribution is 2.41. The van der Waals surface area contributed by atoms with E-state index in [1.54, 1.807) is 0 Å². The molecule has 0 aliphatic heterocycles. The second-order valence-corrected chi connectivity index (χ2v) is 4.75. The first-order chi connectivity index (χ1) is 8.32. The van der Waals surface area contributed by atoms with E-state index in [1.165, 1.54) is 6.92 Å². The van der Waals surface area contributed by atoms with Crippen molar-refractivity contribution in [2.24, 2.45) is 0 Å². The average Bonchev–Trinajstić information content (AvgIpc) is 2.30. The third kappa shape index (κ3) is 2.64. The molecule has 7 heteroatoms. The molecule has 0 spiro atoms. The van der Waals surface area contributed by atoms with Gasteiger partial charge in [-0.1, -0.05) is 46.4 Å². The van der Waals surface area contributed by atoms with Crippen LogP contribution in [0.1, 0.15) is 27.6 Å². The molecule has 0 aliphatic rings. The summed E-state index contributed by atoms with van der Waals surface area (Å²) in [5.41, 5.74) is -0.312. The van der Waals surface area contributed by atoms with E-state index >= 15 is 0 Å². The summed E-state index contributed by atoms with van der Waals surface area (Å²) in [6.45, 7) is 1.21. The van der Waals surface area contributed by atoms with Crippen molar-refractivity contribution in [2.75, 3.05) is 0 Å². The molecule has 0 aliphatic carbocycles. The molecule has 0 unspecified atom stereocenters. The van der Waals surface area contributed by atoms with Gasteiger partial charge in [0.05, 0.1) is 37.5 Å². The Morgan fingerprint density at radius 2 is 1.39 bits per heavy atom. The van der Waals surface area contributed by atoms with Gasteiger partial charge in [-0.3, -0.25) is 9.59 Å². The molecule has 1 aromatic carbocycles. The number of aliphatic hydroxyl groups is 1. The molecule has 18 heavy (non-hydrogen) atoms. The van der Waals surface area contributed by atoms with Crippen molar-refractivity contribution >= 4 is 58.0 Å². The van der Waals surface area contributed by atoms with Crippen LogP contribution in [0.2, 0.25) is 20.1 Å². The molecule has 0 atom stereocenters. The number of Topliss-reactive ketones (excluding diaryl/α,β-unsaturated/α-hetero) is 1. The van der Waals surface area contributed by atoms with Crippen LogP contribution in [0, 0.1) is 0 Å². The Bertz CT molecular complexity index is 564. The van der Waals surface area contributed by atoms with Crippen LogP contribution in [0.25, 0.3) is 0 Å². The van der Waals surface area contributed by atoms with Gasteiger partial charge in [0.15, 0.2) is 11.6 Å². The topological polar surface area (TPSA) is 54.4 Å². The molecule has 0 fully saturated rings. The highest BCUT2D eigenvalue weighted by Gasteiger charge is 2.25. The molecule has 1 rings (SSSR count). The summed E-state index contributed by atoms with van der Waals surface area (Å²) >= 11 is 23.4. The van der Waals surface area contributed by atoms with Crippen molar-refractivity contribution < 1.29 is 14.7 Å². The summed E-state index contributed by atoms with van der Waals surface area (Å²) in [6.07, 6.45) is 1.35. The van der Waals surface area contributed by atoms with Crippen molar-refractivity contribution in [3.8, 4) is 0 Å². The van der Waals surface area contributed by atoms with E-state index in [0.717, 1.165) is 6.08 Å². The van der Waals surface area contributed by atoms with Gasteiger partial charge in [0, 0.05) is 6.08 Å². The first-order valence-corrected chi connectivity index (χ1v) is 6.06. The van der Waals surface area contributed by atoms with Crippen molar-refractivity contribution in [1.82, 2.24) is 0 Å². The molecule has 0 heterocycles. The summed E-state index contributed by atoms with van der Waals surface area (Å²) in [7, 11) is 0. The molecule has 3 nitrogen and oxygen atoms in total. The van der Waals surface area contributed by atoms with Crippen molar-refractivity contribution in [3.63, 3.8) is 0 Å². The van der Waals surface area contributed by atoms with Crippen LogP contribution < -0.4 is 0 Å². The lowest BCUT2D eigenvalue weighted by atomic mass is 10.00. The van der Waals surface area contributed by atoms with Crippen molar-refractivity contribution in [1.29, 1.82) is 0 Å². The second kappa shape index (κ2) is 5.93. The van der Waals surface area contributed by atoms with Gasteiger partial charge in [0.25, 0.3) is 0 Å². The molecular weight excluding hydrogens is 322 g/mol. The Labute approximate surface area is 123 Å². The maximum absolute atomic E-state index is 11.8. The fourth-order valence-electron chi connectivity index (χ4n) is 1.34. The molecular formula is C11H6Cl4O3. The lowest BCUT2D eigenvalue weighted by molar-refractivity contribution is 0.0992. The summed E-state index contributed by atoms with van der Waals surface area (Å²) in [5.74, 6) is -1.19. The van der Waals surface area contributed by atoms with Gasteiger partial charge in [-0.05, 0) is 6.92 Å². The SMILES string of the molecule is CC(=O)c1c(Cl)c(Cl)c(Cl)c(Cl)c1C(=O)/C=C/O. The molecule has 0 saturated heterocycles. The van der Waals surface area contributed by atoms with Gasteiger partial charge in [-0.15, -0.1) is 0 Å². The lowest BCUT2D eigenvalue weighted by Gasteiger charge is -2.12. The zero-order chi connectivity index (χ0) is 14.0. The van der Waals surface area contributed by atoms with Crippen molar-refractivity contribution in [3.05, 3.63) is 43.6 Å². The minimum atomic E-state index is -0.701. The third-order valence-corrected chi connectivity index (χ3v) is 3.89. The summed E-state index contributed by atoms with van der Waals surface area (Å²) in [4.78, 5) is 23.3. The van der Waals surface area contributed by atoms with Crippen LogP contribution >= 0.6 is 46.4 Å². The Balaban J connectivity index is 3.77. The minimum Gasteiger partial charge on any atom is -0.515 e. The lowest BCUT2D eigenvalue weighted by Crippen LogP contribution is -2.08. The van der Waals surface area contributed by atoms with Gasteiger partial charge < -0.3 is 5.11 Å². The van der Waals surface area contributed by atoms with Gasteiger partial charge in [-0.25, -0.2) is 0 Å². The van der Waals surface area contributed by atoms with E-state index < -0.39 is 11.6 Å². The van der Waals surface area contributed by atoms with E-state index in [2.05, 4.69) is 0 Å². The number of allylic oxidation sites excluding steroid dienone is 1. The van der Waals surface area contributed by atoms with Crippen LogP contribution in [0.15, 0.2) is 12.3 Å². The molecule has 0 bridgehead atoms. The van der Waals surface area contributed by atoms with Gasteiger partial charge >= 0.3 is 0 Å². The summed E-state index contributed by atoms with van der Waals surface area (Å²) < 4.78 is 0. The molecule has 1 N–H and O–H groups in total. The molecule has 1 aromatic rings. The van der Waals surface area contributed by atoms with Crippen LogP contribution in [0.3, 0.4) is 0 Å². The Morgan fingerprint density at radius 1 is 0.944 bits per heavy atom. The van der Waals surface area contributed by atoms with E-state index in [0.29, 0.717) is 6.26 Å². The largest absolute Gasteiger partial charge is 0.515 e. The van der Waals surface area contributed by atoms with Crippen LogP contribution in [0.4, 0.5) is 0 Å².